The first-order chi connectivity index (χ1) is 10.0. The van der Waals surface area contributed by atoms with Crippen LogP contribution in [-0.2, 0) is 6.42 Å². The van der Waals surface area contributed by atoms with E-state index in [9.17, 15) is 9.18 Å². The predicted octanol–water partition coefficient (Wildman–Crippen LogP) is 2.33. The summed E-state index contributed by atoms with van der Waals surface area (Å²) in [6.07, 6.45) is 2.12. The van der Waals surface area contributed by atoms with E-state index >= 15 is 0 Å². The molecule has 1 unspecified atom stereocenters. The summed E-state index contributed by atoms with van der Waals surface area (Å²) < 4.78 is 12.8. The summed E-state index contributed by atoms with van der Waals surface area (Å²) in [4.78, 5) is 18.5. The summed E-state index contributed by atoms with van der Waals surface area (Å²) in [7, 11) is 1.66. The van der Waals surface area contributed by atoms with Gasteiger partial charge in [0.25, 0.3) is 5.91 Å². The molecule has 112 valence electrons. The van der Waals surface area contributed by atoms with Crippen molar-refractivity contribution >= 4 is 17.2 Å². The van der Waals surface area contributed by atoms with E-state index in [4.69, 9.17) is 5.11 Å². The van der Waals surface area contributed by atoms with Crippen molar-refractivity contribution in [1.82, 2.24) is 9.88 Å². The van der Waals surface area contributed by atoms with Gasteiger partial charge in [0.15, 0.2) is 0 Å². The number of hydrogen-bond donors (Lipinski definition) is 1. The molecule has 1 amide bonds. The zero-order valence-corrected chi connectivity index (χ0v) is 12.7. The van der Waals surface area contributed by atoms with Gasteiger partial charge < -0.3 is 10.0 Å². The lowest BCUT2D eigenvalue weighted by Crippen LogP contribution is -2.36. The van der Waals surface area contributed by atoms with E-state index in [-0.39, 0.29) is 24.4 Å². The highest BCUT2D eigenvalue weighted by molar-refractivity contribution is 7.13. The maximum absolute atomic E-state index is 12.8. The Kier molecular flexibility index (Phi) is 5.03. The van der Waals surface area contributed by atoms with Crippen LogP contribution in [0.5, 0.6) is 0 Å². The van der Waals surface area contributed by atoms with Crippen LogP contribution < -0.4 is 0 Å². The summed E-state index contributed by atoms with van der Waals surface area (Å²) in [5.41, 5.74) is 0.946. The van der Waals surface area contributed by atoms with E-state index < -0.39 is 0 Å². The van der Waals surface area contributed by atoms with Gasteiger partial charge in [-0.3, -0.25) is 4.79 Å². The third-order valence-corrected chi connectivity index (χ3v) is 4.26. The van der Waals surface area contributed by atoms with Crippen LogP contribution in [0.3, 0.4) is 0 Å². The molecule has 1 N–H and O–H groups in total. The number of amides is 1. The first-order valence-electron chi connectivity index (χ1n) is 6.58. The van der Waals surface area contributed by atoms with Crippen molar-refractivity contribution in [3.05, 3.63) is 51.7 Å². The fraction of sp³-hybridized carbons (Fsp3) is 0.333. The quantitative estimate of drug-likeness (QED) is 0.922. The minimum atomic E-state index is -0.270. The molecule has 4 nitrogen and oxygen atoms in total. The monoisotopic (exact) mass is 308 g/mol. The number of carbonyl (C=O) groups excluding carboxylic acids is 1. The molecule has 0 fully saturated rings. The van der Waals surface area contributed by atoms with Crippen molar-refractivity contribution in [2.45, 2.75) is 19.4 Å². The number of carbonyl (C=O) groups is 1. The number of aromatic nitrogens is 1. The highest BCUT2D eigenvalue weighted by Crippen LogP contribution is 2.19. The summed E-state index contributed by atoms with van der Waals surface area (Å²) in [5, 5.41) is 9.89. The highest BCUT2D eigenvalue weighted by Gasteiger charge is 2.19. The lowest BCUT2D eigenvalue weighted by molar-refractivity contribution is 0.0687. The Bertz CT molecular complexity index is 612. The van der Waals surface area contributed by atoms with Crippen LogP contribution in [0.1, 0.15) is 27.2 Å². The summed E-state index contributed by atoms with van der Waals surface area (Å²) in [6, 6.07) is 5.99. The number of nitrogens with zero attached hydrogens (tertiary/aromatic N) is 2. The van der Waals surface area contributed by atoms with Crippen molar-refractivity contribution in [1.29, 1.82) is 0 Å². The normalized spacial score (nSPS) is 12.2. The molecule has 21 heavy (non-hydrogen) atoms. The van der Waals surface area contributed by atoms with Crippen LogP contribution in [0.4, 0.5) is 4.39 Å². The molecule has 0 aliphatic carbocycles. The zero-order valence-electron chi connectivity index (χ0n) is 11.9. The van der Waals surface area contributed by atoms with Gasteiger partial charge in [-0.2, -0.15) is 0 Å². The molecule has 1 atom stereocenters. The van der Waals surface area contributed by atoms with Gasteiger partial charge in [-0.05, 0) is 24.6 Å². The Labute approximate surface area is 126 Å². The molecular weight excluding hydrogens is 291 g/mol. The Morgan fingerprint density at radius 3 is 2.71 bits per heavy atom. The van der Waals surface area contributed by atoms with Gasteiger partial charge in [0.1, 0.15) is 10.7 Å². The molecule has 0 spiro atoms. The number of thiazole rings is 1. The molecule has 0 aliphatic rings. The van der Waals surface area contributed by atoms with E-state index in [0.717, 1.165) is 10.6 Å². The van der Waals surface area contributed by atoms with Gasteiger partial charge in [-0.25, -0.2) is 9.37 Å². The number of hydrogen-bond acceptors (Lipinski definition) is 4. The molecule has 0 aliphatic heterocycles. The third-order valence-electron chi connectivity index (χ3n) is 3.28. The Balaban J connectivity index is 2.07. The van der Waals surface area contributed by atoms with Crippen LogP contribution in [0.25, 0.3) is 0 Å². The maximum atomic E-state index is 12.8. The van der Waals surface area contributed by atoms with Gasteiger partial charge in [-0.15, -0.1) is 11.3 Å². The number of aliphatic hydroxyl groups excluding tert-OH is 1. The van der Waals surface area contributed by atoms with Gasteiger partial charge in [0.2, 0.25) is 0 Å². The zero-order chi connectivity index (χ0) is 15.4. The van der Waals surface area contributed by atoms with Crippen molar-refractivity contribution < 1.29 is 14.3 Å². The average Bonchev–Trinajstić information content (AvgIpc) is 2.95. The summed E-state index contributed by atoms with van der Waals surface area (Å²) in [6.45, 7) is 1.70. The summed E-state index contributed by atoms with van der Waals surface area (Å²) >= 11 is 1.32. The Morgan fingerprint density at radius 1 is 1.43 bits per heavy atom. The molecule has 0 saturated heterocycles. The molecular formula is C15H17FN2O2S. The molecule has 0 saturated carbocycles. The maximum Gasteiger partial charge on any atom is 0.265 e. The minimum Gasteiger partial charge on any atom is -0.394 e. The smallest absolute Gasteiger partial charge is 0.265 e. The number of aliphatic hydroxyl groups is 1. The van der Waals surface area contributed by atoms with Crippen LogP contribution in [0.15, 0.2) is 30.5 Å². The predicted molar refractivity (Wildman–Crippen MR) is 80.0 cm³/mol. The first kappa shape index (κ1) is 15.6. The van der Waals surface area contributed by atoms with Crippen LogP contribution in [0, 0.1) is 5.82 Å². The lowest BCUT2D eigenvalue weighted by atomic mass is 10.2. The van der Waals surface area contributed by atoms with E-state index in [1.54, 1.807) is 32.3 Å². The molecule has 1 aromatic heterocycles. The van der Waals surface area contributed by atoms with Crippen LogP contribution in [-0.4, -0.2) is 40.6 Å². The first-order valence-corrected chi connectivity index (χ1v) is 7.40. The van der Waals surface area contributed by atoms with E-state index in [1.165, 1.54) is 28.4 Å². The number of rotatable bonds is 5. The second-order valence-corrected chi connectivity index (χ2v) is 5.98. The van der Waals surface area contributed by atoms with Crippen molar-refractivity contribution in [3.8, 4) is 0 Å². The van der Waals surface area contributed by atoms with Crippen molar-refractivity contribution in [2.24, 2.45) is 0 Å². The van der Waals surface area contributed by atoms with Crippen molar-refractivity contribution in [2.75, 3.05) is 13.7 Å². The number of likely N-dealkylation sites (N-methyl/N-ethyl adjacent to an activating group) is 1. The topological polar surface area (TPSA) is 53.4 Å². The molecule has 2 aromatic rings. The molecule has 0 bridgehead atoms. The van der Waals surface area contributed by atoms with Crippen LogP contribution >= 0.6 is 11.3 Å². The van der Waals surface area contributed by atoms with Crippen LogP contribution in [0.2, 0.25) is 0 Å². The second kappa shape index (κ2) is 6.78. The largest absolute Gasteiger partial charge is 0.394 e. The van der Waals surface area contributed by atoms with E-state index in [1.807, 2.05) is 0 Å². The molecule has 0 radical (unpaired) electrons. The van der Waals surface area contributed by atoms with Gasteiger partial charge >= 0.3 is 0 Å². The van der Waals surface area contributed by atoms with Gasteiger partial charge in [-0.1, -0.05) is 12.1 Å². The highest BCUT2D eigenvalue weighted by atomic mass is 32.1. The fourth-order valence-electron chi connectivity index (χ4n) is 1.76. The lowest BCUT2D eigenvalue weighted by Gasteiger charge is -2.22. The second-order valence-electron chi connectivity index (χ2n) is 4.87. The van der Waals surface area contributed by atoms with Gasteiger partial charge in [0.05, 0.1) is 23.9 Å². The van der Waals surface area contributed by atoms with Gasteiger partial charge in [0, 0.05) is 13.5 Å². The molecule has 2 rings (SSSR count). The number of halogens is 1. The third kappa shape index (κ3) is 3.86. The molecule has 6 heteroatoms. The number of benzene rings is 1. The summed E-state index contributed by atoms with van der Waals surface area (Å²) in [5.74, 6) is -0.423. The van der Waals surface area contributed by atoms with E-state index in [0.29, 0.717) is 11.3 Å². The fourth-order valence-corrected chi connectivity index (χ4v) is 2.70. The Morgan fingerprint density at radius 2 is 2.10 bits per heavy atom. The van der Waals surface area contributed by atoms with Crippen molar-refractivity contribution in [3.63, 3.8) is 0 Å². The molecule has 1 aromatic carbocycles. The van der Waals surface area contributed by atoms with E-state index in [2.05, 4.69) is 4.98 Å². The average molecular weight is 308 g/mol. The minimum absolute atomic E-state index is 0.0799. The Hall–Kier alpha value is -1.79. The standard InChI is InChI=1S/C15H17FN2O2S/c1-10(9-19)18(2)15(20)13-8-17-14(21-13)7-11-3-5-12(16)6-4-11/h3-6,8,10,19H,7,9H2,1-2H3. The SMILES string of the molecule is CC(CO)N(C)C(=O)c1cnc(Cc2ccc(F)cc2)s1. The molecule has 1 heterocycles.